The fourth-order valence-corrected chi connectivity index (χ4v) is 2.32. The van der Waals surface area contributed by atoms with Crippen molar-refractivity contribution in [2.45, 2.75) is 11.5 Å². The van der Waals surface area contributed by atoms with Crippen LogP contribution in [0.5, 0.6) is 5.75 Å². The number of ether oxygens (including phenoxy) is 1. The van der Waals surface area contributed by atoms with E-state index in [1.165, 1.54) is 6.07 Å². The fourth-order valence-electron chi connectivity index (χ4n) is 1.78. The minimum Gasteiger partial charge on any atom is -0.488 e. The van der Waals surface area contributed by atoms with Gasteiger partial charge in [0.1, 0.15) is 24.8 Å². The van der Waals surface area contributed by atoms with E-state index in [-0.39, 0.29) is 19.0 Å². The van der Waals surface area contributed by atoms with E-state index in [1.54, 1.807) is 23.9 Å². The van der Waals surface area contributed by atoms with Gasteiger partial charge < -0.3 is 9.84 Å². The lowest BCUT2D eigenvalue weighted by molar-refractivity contribution is 0.293. The summed E-state index contributed by atoms with van der Waals surface area (Å²) in [6.45, 7) is -0.0743. The number of hydrogen-bond donors (Lipinski definition) is 1. The summed E-state index contributed by atoms with van der Waals surface area (Å²) in [6, 6.07) is 12.4. The molecule has 0 amide bonds. The van der Waals surface area contributed by atoms with Gasteiger partial charge in [-0.1, -0.05) is 30.0 Å². The molecule has 4 heteroatoms. The third-order valence-corrected chi connectivity index (χ3v) is 3.59. The zero-order valence-corrected chi connectivity index (χ0v) is 12.4. The van der Waals surface area contributed by atoms with E-state index in [2.05, 4.69) is 11.8 Å². The Kier molecular flexibility index (Phi) is 5.68. The van der Waals surface area contributed by atoms with Crippen LogP contribution in [0.2, 0.25) is 0 Å². The Bertz CT molecular complexity index is 674. The minimum atomic E-state index is -0.360. The largest absolute Gasteiger partial charge is 0.488 e. The molecule has 0 fully saturated rings. The molecule has 0 unspecified atom stereocenters. The van der Waals surface area contributed by atoms with Gasteiger partial charge in [0, 0.05) is 16.0 Å². The lowest BCUT2D eigenvalue weighted by atomic mass is 10.1. The first kappa shape index (κ1) is 15.4. The highest BCUT2D eigenvalue weighted by atomic mass is 32.2. The van der Waals surface area contributed by atoms with Crippen molar-refractivity contribution < 1.29 is 14.2 Å². The topological polar surface area (TPSA) is 29.5 Å². The van der Waals surface area contributed by atoms with Gasteiger partial charge in [-0.3, -0.25) is 0 Å². The zero-order valence-electron chi connectivity index (χ0n) is 11.6. The Balaban J connectivity index is 2.10. The maximum absolute atomic E-state index is 13.9. The molecule has 21 heavy (non-hydrogen) atoms. The predicted octanol–water partition coefficient (Wildman–Crippen LogP) is 3.47. The van der Waals surface area contributed by atoms with E-state index in [0.29, 0.717) is 11.1 Å². The predicted molar refractivity (Wildman–Crippen MR) is 82.9 cm³/mol. The molecule has 0 heterocycles. The molecular weight excluding hydrogens is 287 g/mol. The smallest absolute Gasteiger partial charge is 0.133 e. The minimum absolute atomic E-state index is 0.164. The van der Waals surface area contributed by atoms with Crippen LogP contribution in [-0.4, -0.2) is 18.0 Å². The first-order valence-electron chi connectivity index (χ1n) is 6.38. The van der Waals surface area contributed by atoms with E-state index >= 15 is 0 Å². The molecule has 1 N–H and O–H groups in total. The van der Waals surface area contributed by atoms with Gasteiger partial charge in [0.05, 0.1) is 0 Å². The van der Waals surface area contributed by atoms with Crippen LogP contribution in [0.4, 0.5) is 4.39 Å². The van der Waals surface area contributed by atoms with E-state index in [0.717, 1.165) is 10.6 Å². The van der Waals surface area contributed by atoms with Crippen LogP contribution in [0.3, 0.4) is 0 Å². The zero-order chi connectivity index (χ0) is 15.1. The van der Waals surface area contributed by atoms with Crippen molar-refractivity contribution in [2.75, 3.05) is 12.9 Å². The second kappa shape index (κ2) is 7.72. The molecule has 0 saturated carbocycles. The molecule has 2 aromatic rings. The summed E-state index contributed by atoms with van der Waals surface area (Å²) in [6.07, 6.45) is 1.97. The van der Waals surface area contributed by atoms with Crippen molar-refractivity contribution >= 4 is 11.8 Å². The number of benzene rings is 2. The monoisotopic (exact) mass is 302 g/mol. The summed E-state index contributed by atoms with van der Waals surface area (Å²) in [4.78, 5) is 1.02. The second-order valence-corrected chi connectivity index (χ2v) is 5.05. The van der Waals surface area contributed by atoms with Crippen LogP contribution < -0.4 is 4.74 Å². The van der Waals surface area contributed by atoms with Crippen LogP contribution in [0.1, 0.15) is 11.1 Å². The molecule has 108 valence electrons. The Labute approximate surface area is 128 Å². The van der Waals surface area contributed by atoms with Gasteiger partial charge in [-0.2, -0.15) is 0 Å². The second-order valence-electron chi connectivity index (χ2n) is 4.21. The van der Waals surface area contributed by atoms with Gasteiger partial charge in [0.2, 0.25) is 0 Å². The quantitative estimate of drug-likeness (QED) is 0.693. The summed E-state index contributed by atoms with van der Waals surface area (Å²) in [5.41, 5.74) is 1.01. The molecule has 0 saturated heterocycles. The van der Waals surface area contributed by atoms with Crippen LogP contribution in [0.15, 0.2) is 47.4 Å². The van der Waals surface area contributed by atoms with Gasteiger partial charge in [-0.05, 0) is 30.5 Å². The van der Waals surface area contributed by atoms with Gasteiger partial charge >= 0.3 is 0 Å². The molecule has 0 aliphatic carbocycles. The molecular formula is C17H15FO2S. The third kappa shape index (κ3) is 4.25. The molecule has 0 bridgehead atoms. The number of halogens is 1. The van der Waals surface area contributed by atoms with Gasteiger partial charge in [0.25, 0.3) is 0 Å². The first-order valence-corrected chi connectivity index (χ1v) is 7.61. The summed E-state index contributed by atoms with van der Waals surface area (Å²) < 4.78 is 19.6. The van der Waals surface area contributed by atoms with Gasteiger partial charge in [-0.25, -0.2) is 4.39 Å². The van der Waals surface area contributed by atoms with Crippen molar-refractivity contribution in [1.82, 2.24) is 0 Å². The molecule has 2 rings (SSSR count). The average molecular weight is 302 g/mol. The third-order valence-electron chi connectivity index (χ3n) is 2.82. The van der Waals surface area contributed by atoms with E-state index < -0.39 is 0 Å². The molecule has 0 aliphatic heterocycles. The number of aliphatic hydroxyl groups excluding tert-OH is 1. The molecule has 0 aromatic heterocycles. The Hall–Kier alpha value is -1.96. The number of aliphatic hydroxyl groups is 1. The van der Waals surface area contributed by atoms with Gasteiger partial charge in [0.15, 0.2) is 0 Å². The van der Waals surface area contributed by atoms with Crippen LogP contribution in [0.25, 0.3) is 0 Å². The average Bonchev–Trinajstić information content (AvgIpc) is 2.52. The highest BCUT2D eigenvalue weighted by molar-refractivity contribution is 7.98. The number of hydrogen-bond acceptors (Lipinski definition) is 3. The SMILES string of the molecule is CSc1ccccc1OCc1ccc(C#CCO)cc1F. The maximum Gasteiger partial charge on any atom is 0.133 e. The summed E-state index contributed by atoms with van der Waals surface area (Å²) in [5.74, 6) is 5.54. The number of para-hydroxylation sites is 1. The van der Waals surface area contributed by atoms with E-state index in [4.69, 9.17) is 9.84 Å². The Morgan fingerprint density at radius 1 is 1.24 bits per heavy atom. The van der Waals surface area contributed by atoms with E-state index in [1.807, 2.05) is 30.5 Å². The maximum atomic E-state index is 13.9. The van der Waals surface area contributed by atoms with Crippen molar-refractivity contribution in [3.05, 3.63) is 59.4 Å². The van der Waals surface area contributed by atoms with E-state index in [9.17, 15) is 4.39 Å². The standard InChI is InChI=1S/C17H15FO2S/c1-21-17-7-3-2-6-16(17)20-12-14-9-8-13(5-4-10-19)11-15(14)18/h2-3,6-9,11,19H,10,12H2,1H3. The Morgan fingerprint density at radius 3 is 2.76 bits per heavy atom. The molecule has 0 aliphatic rings. The molecule has 0 radical (unpaired) electrons. The van der Waals surface area contributed by atoms with Gasteiger partial charge in [-0.15, -0.1) is 11.8 Å². The highest BCUT2D eigenvalue weighted by Crippen LogP contribution is 2.27. The van der Waals surface area contributed by atoms with Crippen LogP contribution in [0, 0.1) is 17.7 Å². The number of rotatable bonds is 4. The first-order chi connectivity index (χ1) is 10.2. The highest BCUT2D eigenvalue weighted by Gasteiger charge is 2.06. The summed E-state index contributed by atoms with van der Waals surface area (Å²) in [7, 11) is 0. The molecule has 2 nitrogen and oxygen atoms in total. The van der Waals surface area contributed by atoms with Crippen LogP contribution in [-0.2, 0) is 6.61 Å². The lowest BCUT2D eigenvalue weighted by Gasteiger charge is -2.10. The molecule has 0 spiro atoms. The molecule has 0 atom stereocenters. The normalized spacial score (nSPS) is 9.86. The van der Waals surface area contributed by atoms with Crippen molar-refractivity contribution in [3.8, 4) is 17.6 Å². The van der Waals surface area contributed by atoms with Crippen molar-refractivity contribution in [3.63, 3.8) is 0 Å². The number of thioether (sulfide) groups is 1. The molecule has 2 aromatic carbocycles. The van der Waals surface area contributed by atoms with Crippen molar-refractivity contribution in [2.24, 2.45) is 0 Å². The fraction of sp³-hybridized carbons (Fsp3) is 0.176. The summed E-state index contributed by atoms with van der Waals surface area (Å²) >= 11 is 1.59. The van der Waals surface area contributed by atoms with Crippen LogP contribution >= 0.6 is 11.8 Å². The van der Waals surface area contributed by atoms with Crippen molar-refractivity contribution in [1.29, 1.82) is 0 Å². The summed E-state index contributed by atoms with van der Waals surface area (Å²) in [5, 5.41) is 8.62. The Morgan fingerprint density at radius 2 is 2.05 bits per heavy atom. The lowest BCUT2D eigenvalue weighted by Crippen LogP contribution is -1.99.